The van der Waals surface area contributed by atoms with E-state index in [1.54, 1.807) is 0 Å². The number of pyridine rings is 1. The Hall–Kier alpha value is -2.15. The molecule has 1 saturated heterocycles. The summed E-state index contributed by atoms with van der Waals surface area (Å²) in [6, 6.07) is 7.50. The number of aromatic nitrogens is 1. The third-order valence-corrected chi connectivity index (χ3v) is 6.60. The fourth-order valence-corrected chi connectivity index (χ4v) is 4.95. The smallest absolute Gasteiger partial charge is 0.251 e. The number of sulfone groups is 1. The van der Waals surface area contributed by atoms with E-state index in [-0.39, 0.29) is 35.4 Å². The molecule has 1 unspecified atom stereocenters. The third-order valence-electron chi connectivity index (χ3n) is 4.83. The Labute approximate surface area is 152 Å². The van der Waals surface area contributed by atoms with E-state index >= 15 is 0 Å². The van der Waals surface area contributed by atoms with Crippen LogP contribution in [-0.4, -0.2) is 36.9 Å². The van der Waals surface area contributed by atoms with Crippen molar-refractivity contribution in [2.24, 2.45) is 0 Å². The molecule has 0 radical (unpaired) electrons. The fourth-order valence-electron chi connectivity index (χ4n) is 3.27. The SMILES string of the molecule is CC(C)c1ccc2[nH]c(=O)c(CCC(=O)NC3CCS(=O)(=O)C3)cc2c1. The van der Waals surface area contributed by atoms with Crippen LogP contribution in [0.3, 0.4) is 0 Å². The number of carbonyl (C=O) groups is 1. The summed E-state index contributed by atoms with van der Waals surface area (Å²) in [7, 11) is -3.02. The maximum absolute atomic E-state index is 12.2. The molecule has 1 amide bonds. The van der Waals surface area contributed by atoms with E-state index in [1.165, 1.54) is 5.56 Å². The van der Waals surface area contributed by atoms with Gasteiger partial charge in [-0.3, -0.25) is 9.59 Å². The zero-order valence-corrected chi connectivity index (χ0v) is 15.9. The summed E-state index contributed by atoms with van der Waals surface area (Å²) in [6.45, 7) is 4.22. The van der Waals surface area contributed by atoms with Crippen molar-refractivity contribution in [3.8, 4) is 0 Å². The summed E-state index contributed by atoms with van der Waals surface area (Å²) in [5.41, 5.74) is 2.35. The van der Waals surface area contributed by atoms with Crippen LogP contribution in [0.25, 0.3) is 10.9 Å². The molecule has 1 fully saturated rings. The maximum Gasteiger partial charge on any atom is 0.251 e. The van der Waals surface area contributed by atoms with E-state index in [2.05, 4.69) is 30.2 Å². The zero-order valence-electron chi connectivity index (χ0n) is 15.0. The van der Waals surface area contributed by atoms with Crippen molar-refractivity contribution in [1.82, 2.24) is 10.3 Å². The number of aryl methyl sites for hydroxylation is 1. The number of nitrogens with one attached hydrogen (secondary N) is 2. The lowest BCUT2D eigenvalue weighted by Crippen LogP contribution is -2.35. The Kier molecular flexibility index (Phi) is 5.18. The molecule has 1 aromatic heterocycles. The zero-order chi connectivity index (χ0) is 18.9. The van der Waals surface area contributed by atoms with Crippen molar-refractivity contribution >= 4 is 26.6 Å². The highest BCUT2D eigenvalue weighted by Crippen LogP contribution is 2.20. The molecule has 1 aliphatic heterocycles. The quantitative estimate of drug-likeness (QED) is 0.833. The Bertz CT molecular complexity index is 992. The van der Waals surface area contributed by atoms with Crippen LogP contribution in [-0.2, 0) is 21.1 Å². The molecule has 7 heteroatoms. The number of hydrogen-bond donors (Lipinski definition) is 2. The number of aromatic amines is 1. The molecule has 1 aliphatic rings. The van der Waals surface area contributed by atoms with Gasteiger partial charge in [-0.1, -0.05) is 19.9 Å². The maximum atomic E-state index is 12.2. The highest BCUT2D eigenvalue weighted by molar-refractivity contribution is 7.91. The monoisotopic (exact) mass is 376 g/mol. The summed E-state index contributed by atoms with van der Waals surface area (Å²) in [6.07, 6.45) is 0.945. The average molecular weight is 376 g/mol. The van der Waals surface area contributed by atoms with Crippen LogP contribution in [0.2, 0.25) is 0 Å². The predicted molar refractivity (Wildman–Crippen MR) is 102 cm³/mol. The first-order valence-corrected chi connectivity index (χ1v) is 10.7. The molecule has 0 aliphatic carbocycles. The number of benzene rings is 1. The summed E-state index contributed by atoms with van der Waals surface area (Å²) in [5, 5.41) is 3.71. The molecule has 2 heterocycles. The van der Waals surface area contributed by atoms with E-state index in [4.69, 9.17) is 0 Å². The summed E-state index contributed by atoms with van der Waals surface area (Å²) >= 11 is 0. The van der Waals surface area contributed by atoms with Crippen molar-refractivity contribution < 1.29 is 13.2 Å². The van der Waals surface area contributed by atoms with Crippen LogP contribution in [0.15, 0.2) is 29.1 Å². The third kappa shape index (κ3) is 4.33. The highest BCUT2D eigenvalue weighted by Gasteiger charge is 2.28. The van der Waals surface area contributed by atoms with Gasteiger partial charge in [0, 0.05) is 23.5 Å². The predicted octanol–water partition coefficient (Wildman–Crippen LogP) is 1.89. The molecule has 1 atom stereocenters. The van der Waals surface area contributed by atoms with Gasteiger partial charge in [-0.25, -0.2) is 8.42 Å². The Balaban J connectivity index is 1.69. The molecule has 0 saturated carbocycles. The van der Waals surface area contributed by atoms with Gasteiger partial charge >= 0.3 is 0 Å². The van der Waals surface area contributed by atoms with Crippen LogP contribution in [0, 0.1) is 0 Å². The Morgan fingerprint density at radius 3 is 2.73 bits per heavy atom. The van der Waals surface area contributed by atoms with Crippen LogP contribution in [0.4, 0.5) is 0 Å². The number of hydrogen-bond acceptors (Lipinski definition) is 4. The van der Waals surface area contributed by atoms with Gasteiger partial charge in [-0.15, -0.1) is 0 Å². The second-order valence-electron chi connectivity index (χ2n) is 7.29. The molecule has 2 aromatic rings. The van der Waals surface area contributed by atoms with Gasteiger partial charge in [0.15, 0.2) is 9.84 Å². The molecule has 26 heavy (non-hydrogen) atoms. The first-order chi connectivity index (χ1) is 12.2. The van der Waals surface area contributed by atoms with Gasteiger partial charge in [-0.2, -0.15) is 0 Å². The van der Waals surface area contributed by atoms with E-state index in [0.29, 0.717) is 24.3 Å². The minimum atomic E-state index is -3.02. The largest absolute Gasteiger partial charge is 0.352 e. The summed E-state index contributed by atoms with van der Waals surface area (Å²) in [4.78, 5) is 27.2. The molecule has 2 N–H and O–H groups in total. The van der Waals surface area contributed by atoms with Crippen molar-refractivity contribution in [2.75, 3.05) is 11.5 Å². The Morgan fingerprint density at radius 2 is 2.08 bits per heavy atom. The molecular formula is C19H24N2O4S. The highest BCUT2D eigenvalue weighted by atomic mass is 32.2. The first-order valence-electron chi connectivity index (χ1n) is 8.89. The van der Waals surface area contributed by atoms with Crippen molar-refractivity contribution in [2.45, 2.75) is 45.1 Å². The minimum Gasteiger partial charge on any atom is -0.352 e. The number of fused-ring (bicyclic) bond motifs is 1. The molecular weight excluding hydrogens is 352 g/mol. The first kappa shape index (κ1) is 18.6. The number of amides is 1. The van der Waals surface area contributed by atoms with Gasteiger partial charge in [0.1, 0.15) is 0 Å². The van der Waals surface area contributed by atoms with Gasteiger partial charge in [-0.05, 0) is 47.9 Å². The van der Waals surface area contributed by atoms with Crippen LogP contribution >= 0.6 is 0 Å². The lowest BCUT2D eigenvalue weighted by Gasteiger charge is -2.11. The second kappa shape index (κ2) is 7.23. The number of carbonyl (C=O) groups excluding carboxylic acids is 1. The molecule has 0 spiro atoms. The fraction of sp³-hybridized carbons (Fsp3) is 0.474. The molecule has 140 valence electrons. The molecule has 6 nitrogen and oxygen atoms in total. The Morgan fingerprint density at radius 1 is 1.31 bits per heavy atom. The van der Waals surface area contributed by atoms with E-state index in [1.807, 2.05) is 18.2 Å². The van der Waals surface area contributed by atoms with Crippen LogP contribution in [0.1, 0.15) is 43.7 Å². The summed E-state index contributed by atoms with van der Waals surface area (Å²) < 4.78 is 22.9. The molecule has 1 aromatic carbocycles. The van der Waals surface area contributed by atoms with Crippen molar-refractivity contribution in [3.63, 3.8) is 0 Å². The average Bonchev–Trinajstić information content (AvgIpc) is 2.90. The minimum absolute atomic E-state index is 0.00722. The lowest BCUT2D eigenvalue weighted by atomic mass is 10.00. The van der Waals surface area contributed by atoms with Crippen molar-refractivity contribution in [1.29, 1.82) is 0 Å². The second-order valence-corrected chi connectivity index (χ2v) is 9.52. The van der Waals surface area contributed by atoms with E-state index in [9.17, 15) is 18.0 Å². The van der Waals surface area contributed by atoms with Crippen LogP contribution in [0.5, 0.6) is 0 Å². The van der Waals surface area contributed by atoms with Crippen molar-refractivity contribution in [3.05, 3.63) is 45.7 Å². The van der Waals surface area contributed by atoms with Gasteiger partial charge < -0.3 is 10.3 Å². The standard InChI is InChI=1S/C19H24N2O4S/c1-12(2)13-3-5-17-15(9-13)10-14(19(23)21-17)4-6-18(22)20-16-7-8-26(24,25)11-16/h3,5,9-10,12,16H,4,6-8,11H2,1-2H3,(H,20,22)(H,21,23). The normalized spacial score (nSPS) is 19.1. The topological polar surface area (TPSA) is 96.1 Å². The van der Waals surface area contributed by atoms with Gasteiger partial charge in [0.2, 0.25) is 5.91 Å². The molecule has 0 bridgehead atoms. The van der Waals surface area contributed by atoms with Gasteiger partial charge in [0.25, 0.3) is 5.56 Å². The lowest BCUT2D eigenvalue weighted by molar-refractivity contribution is -0.121. The molecule has 3 rings (SSSR count). The van der Waals surface area contributed by atoms with Crippen LogP contribution < -0.4 is 10.9 Å². The number of rotatable bonds is 5. The number of H-pyrrole nitrogens is 1. The van der Waals surface area contributed by atoms with E-state index in [0.717, 1.165) is 10.9 Å². The van der Waals surface area contributed by atoms with E-state index < -0.39 is 9.84 Å². The summed E-state index contributed by atoms with van der Waals surface area (Å²) in [5.74, 6) is 0.305. The van der Waals surface area contributed by atoms with Gasteiger partial charge in [0.05, 0.1) is 11.5 Å².